The third kappa shape index (κ3) is 4.57. The van der Waals surface area contributed by atoms with Crippen LogP contribution in [0.15, 0.2) is 48.0 Å². The van der Waals surface area contributed by atoms with Gasteiger partial charge >= 0.3 is 0 Å². The molecule has 0 aromatic heterocycles. The number of carbonyl (C=O) groups excluding carboxylic acids is 2. The average Bonchev–Trinajstić information content (AvgIpc) is 2.60. The highest BCUT2D eigenvalue weighted by atomic mass is 32.1. The largest absolute Gasteiger partial charge is 0.494 e. The van der Waals surface area contributed by atoms with Crippen LogP contribution in [0.5, 0.6) is 5.75 Å². The SMILES string of the molecule is CCOc1cc(C=C2C(=O)NC(=S)NC2=O)ccc1Cc1cccc(F)c1. The molecule has 0 unspecified atom stereocenters. The highest BCUT2D eigenvalue weighted by molar-refractivity contribution is 7.80. The second kappa shape index (κ2) is 8.09. The normalized spacial score (nSPS) is 13.9. The predicted octanol–water partition coefficient (Wildman–Crippen LogP) is 2.73. The molecule has 0 bridgehead atoms. The van der Waals surface area contributed by atoms with Crippen LogP contribution in [-0.4, -0.2) is 23.5 Å². The Morgan fingerprint density at radius 3 is 2.52 bits per heavy atom. The van der Waals surface area contributed by atoms with Crippen molar-refractivity contribution in [3.8, 4) is 5.75 Å². The summed E-state index contributed by atoms with van der Waals surface area (Å²) in [5, 5.41) is 4.78. The van der Waals surface area contributed by atoms with Crippen LogP contribution in [0.3, 0.4) is 0 Å². The lowest BCUT2D eigenvalue weighted by Gasteiger charge is -2.17. The molecule has 0 spiro atoms. The fourth-order valence-corrected chi connectivity index (χ4v) is 2.92. The van der Waals surface area contributed by atoms with E-state index in [1.807, 2.05) is 19.1 Å². The van der Waals surface area contributed by atoms with E-state index < -0.39 is 11.8 Å². The maximum atomic E-state index is 13.4. The molecule has 138 valence electrons. The molecular weight excluding hydrogens is 367 g/mol. The van der Waals surface area contributed by atoms with Crippen molar-refractivity contribution in [2.75, 3.05) is 6.61 Å². The van der Waals surface area contributed by atoms with Gasteiger partial charge in [0.1, 0.15) is 17.1 Å². The Bertz CT molecular complexity index is 934. The van der Waals surface area contributed by atoms with Gasteiger partial charge in [0, 0.05) is 6.42 Å². The van der Waals surface area contributed by atoms with Crippen molar-refractivity contribution in [2.45, 2.75) is 13.3 Å². The van der Waals surface area contributed by atoms with Crippen LogP contribution >= 0.6 is 12.2 Å². The van der Waals surface area contributed by atoms with Gasteiger partial charge in [0.05, 0.1) is 6.61 Å². The van der Waals surface area contributed by atoms with Gasteiger partial charge in [-0.25, -0.2) is 4.39 Å². The minimum Gasteiger partial charge on any atom is -0.494 e. The maximum absolute atomic E-state index is 13.4. The fourth-order valence-electron chi connectivity index (χ4n) is 2.74. The molecule has 1 heterocycles. The zero-order valence-electron chi connectivity index (χ0n) is 14.5. The summed E-state index contributed by atoms with van der Waals surface area (Å²) in [5.74, 6) is -0.779. The van der Waals surface area contributed by atoms with Crippen LogP contribution in [0.2, 0.25) is 0 Å². The summed E-state index contributed by atoms with van der Waals surface area (Å²) >= 11 is 4.78. The second-order valence-corrected chi connectivity index (χ2v) is 6.31. The number of hydrogen-bond acceptors (Lipinski definition) is 4. The number of ether oxygens (including phenoxy) is 1. The van der Waals surface area contributed by atoms with Gasteiger partial charge < -0.3 is 4.74 Å². The van der Waals surface area contributed by atoms with Crippen molar-refractivity contribution in [3.63, 3.8) is 0 Å². The monoisotopic (exact) mass is 384 g/mol. The third-order valence-corrected chi connectivity index (χ3v) is 4.13. The lowest BCUT2D eigenvalue weighted by atomic mass is 10.0. The Morgan fingerprint density at radius 1 is 1.11 bits per heavy atom. The molecule has 1 aliphatic heterocycles. The molecule has 2 amide bonds. The number of benzene rings is 2. The summed E-state index contributed by atoms with van der Waals surface area (Å²) in [6.07, 6.45) is 1.97. The molecule has 7 heteroatoms. The van der Waals surface area contributed by atoms with Crippen molar-refractivity contribution >= 4 is 35.2 Å². The van der Waals surface area contributed by atoms with E-state index in [1.165, 1.54) is 18.2 Å². The summed E-state index contributed by atoms with van der Waals surface area (Å²) in [5.41, 5.74) is 2.29. The van der Waals surface area contributed by atoms with Gasteiger partial charge in [-0.15, -0.1) is 0 Å². The van der Waals surface area contributed by atoms with E-state index in [1.54, 1.807) is 18.2 Å². The van der Waals surface area contributed by atoms with Crippen LogP contribution in [0, 0.1) is 5.82 Å². The number of hydrogen-bond donors (Lipinski definition) is 2. The van der Waals surface area contributed by atoms with Gasteiger partial charge in [-0.3, -0.25) is 20.2 Å². The number of amides is 2. The summed E-state index contributed by atoms with van der Waals surface area (Å²) in [6, 6.07) is 11.7. The number of rotatable bonds is 5. The second-order valence-electron chi connectivity index (χ2n) is 5.90. The van der Waals surface area contributed by atoms with Gasteiger partial charge in [-0.1, -0.05) is 24.3 Å². The Morgan fingerprint density at radius 2 is 1.85 bits per heavy atom. The Balaban J connectivity index is 1.91. The van der Waals surface area contributed by atoms with Gasteiger partial charge in [-0.05, 0) is 60.1 Å². The molecular formula is C20H17FN2O3S. The summed E-state index contributed by atoms with van der Waals surface area (Å²) in [4.78, 5) is 24.0. The first-order valence-electron chi connectivity index (χ1n) is 8.35. The van der Waals surface area contributed by atoms with Crippen molar-refractivity contribution in [1.82, 2.24) is 10.6 Å². The van der Waals surface area contributed by atoms with Crippen molar-refractivity contribution in [2.24, 2.45) is 0 Å². The van der Waals surface area contributed by atoms with E-state index in [9.17, 15) is 14.0 Å². The number of carbonyl (C=O) groups is 2. The molecule has 27 heavy (non-hydrogen) atoms. The van der Waals surface area contributed by atoms with E-state index in [4.69, 9.17) is 17.0 Å². The first-order chi connectivity index (χ1) is 13.0. The van der Waals surface area contributed by atoms with Gasteiger partial charge in [0.15, 0.2) is 5.11 Å². The van der Waals surface area contributed by atoms with Crippen molar-refractivity contribution < 1.29 is 18.7 Å². The van der Waals surface area contributed by atoms with Crippen molar-refractivity contribution in [1.29, 1.82) is 0 Å². The zero-order chi connectivity index (χ0) is 19.4. The molecule has 0 aliphatic carbocycles. The van der Waals surface area contributed by atoms with Crippen LogP contribution in [-0.2, 0) is 16.0 Å². The fraction of sp³-hybridized carbons (Fsp3) is 0.150. The molecule has 1 aliphatic rings. The molecule has 0 radical (unpaired) electrons. The first-order valence-corrected chi connectivity index (χ1v) is 8.75. The molecule has 1 saturated heterocycles. The Labute approximate surface area is 161 Å². The molecule has 2 aromatic rings. The number of halogens is 1. The lowest BCUT2D eigenvalue weighted by Crippen LogP contribution is -2.51. The minimum atomic E-state index is -0.550. The van der Waals surface area contributed by atoms with E-state index in [0.29, 0.717) is 24.3 Å². The van der Waals surface area contributed by atoms with Crippen LogP contribution < -0.4 is 15.4 Å². The summed E-state index contributed by atoms with van der Waals surface area (Å²) < 4.78 is 19.1. The quantitative estimate of drug-likeness (QED) is 0.473. The third-order valence-electron chi connectivity index (χ3n) is 3.93. The van der Waals surface area contributed by atoms with E-state index >= 15 is 0 Å². The summed E-state index contributed by atoms with van der Waals surface area (Å²) in [7, 11) is 0. The highest BCUT2D eigenvalue weighted by Gasteiger charge is 2.25. The molecule has 1 fully saturated rings. The Hall–Kier alpha value is -3.06. The Kier molecular flexibility index (Phi) is 5.61. The standard InChI is InChI=1S/C20H17FN2O3S/c1-2-26-17-11-13(10-16-18(24)22-20(27)23-19(16)25)6-7-14(17)8-12-4-3-5-15(21)9-12/h3-7,9-11H,2,8H2,1H3,(H2,22,23,24,25,27). The predicted molar refractivity (Wildman–Crippen MR) is 104 cm³/mol. The molecule has 2 aromatic carbocycles. The van der Waals surface area contributed by atoms with Gasteiger partial charge in [-0.2, -0.15) is 0 Å². The number of nitrogens with one attached hydrogen (secondary N) is 2. The molecule has 0 saturated carbocycles. The molecule has 0 atom stereocenters. The number of thiocarbonyl (C=S) groups is 1. The minimum absolute atomic E-state index is 0.0115. The van der Waals surface area contributed by atoms with Crippen LogP contribution in [0.4, 0.5) is 4.39 Å². The smallest absolute Gasteiger partial charge is 0.263 e. The van der Waals surface area contributed by atoms with E-state index in [-0.39, 0.29) is 16.5 Å². The lowest BCUT2D eigenvalue weighted by molar-refractivity contribution is -0.123. The average molecular weight is 384 g/mol. The van der Waals surface area contributed by atoms with E-state index in [2.05, 4.69) is 10.6 Å². The molecule has 3 rings (SSSR count). The molecule has 2 N–H and O–H groups in total. The van der Waals surface area contributed by atoms with Crippen LogP contribution in [0.1, 0.15) is 23.6 Å². The van der Waals surface area contributed by atoms with Gasteiger partial charge in [0.25, 0.3) is 11.8 Å². The van der Waals surface area contributed by atoms with Gasteiger partial charge in [0.2, 0.25) is 0 Å². The maximum Gasteiger partial charge on any atom is 0.263 e. The topological polar surface area (TPSA) is 67.4 Å². The van der Waals surface area contributed by atoms with Crippen molar-refractivity contribution in [3.05, 3.63) is 70.5 Å². The first kappa shape index (κ1) is 18.7. The van der Waals surface area contributed by atoms with Crippen LogP contribution in [0.25, 0.3) is 6.08 Å². The molecule has 5 nitrogen and oxygen atoms in total. The zero-order valence-corrected chi connectivity index (χ0v) is 15.4. The highest BCUT2D eigenvalue weighted by Crippen LogP contribution is 2.25. The summed E-state index contributed by atoms with van der Waals surface area (Å²) in [6.45, 7) is 2.31. The van der Waals surface area contributed by atoms with E-state index in [0.717, 1.165) is 11.1 Å².